The van der Waals surface area contributed by atoms with Gasteiger partial charge in [-0.1, -0.05) is 0 Å². The van der Waals surface area contributed by atoms with Gasteiger partial charge < -0.3 is 19.9 Å². The molecule has 1 atom stereocenters. The topological polar surface area (TPSA) is 84.9 Å². The Labute approximate surface area is 117 Å². The molecule has 0 aliphatic rings. The van der Waals surface area contributed by atoms with Crippen molar-refractivity contribution in [2.75, 3.05) is 13.2 Å². The van der Waals surface area contributed by atoms with Crippen molar-refractivity contribution in [2.24, 2.45) is 0 Å². The number of hydrogen-bond acceptors (Lipinski definition) is 4. The summed E-state index contributed by atoms with van der Waals surface area (Å²) in [4.78, 5) is 22.0. The van der Waals surface area contributed by atoms with Crippen molar-refractivity contribution >= 4 is 11.9 Å². The van der Waals surface area contributed by atoms with Gasteiger partial charge in [0.1, 0.15) is 11.5 Å². The zero-order valence-electron chi connectivity index (χ0n) is 11.6. The molecule has 0 aromatic heterocycles. The Kier molecular flexibility index (Phi) is 6.36. The Morgan fingerprint density at radius 2 is 1.75 bits per heavy atom. The molecule has 6 heteroatoms. The number of hydrogen-bond donors (Lipinski definition) is 2. The summed E-state index contributed by atoms with van der Waals surface area (Å²) in [6.07, 6.45) is -0.116. The number of amides is 1. The smallest absolute Gasteiger partial charge is 0.305 e. The minimum absolute atomic E-state index is 0.116. The summed E-state index contributed by atoms with van der Waals surface area (Å²) >= 11 is 0. The average molecular weight is 281 g/mol. The molecule has 1 aromatic carbocycles. The fourth-order valence-corrected chi connectivity index (χ4v) is 1.58. The highest BCUT2D eigenvalue weighted by Gasteiger charge is 2.11. The molecule has 0 spiro atoms. The van der Waals surface area contributed by atoms with Crippen molar-refractivity contribution < 1.29 is 24.2 Å². The van der Waals surface area contributed by atoms with Crippen molar-refractivity contribution in [3.05, 3.63) is 24.3 Å². The van der Waals surface area contributed by atoms with Crippen LogP contribution in [0.5, 0.6) is 11.5 Å². The van der Waals surface area contributed by atoms with Gasteiger partial charge in [0.25, 0.3) is 5.91 Å². The molecule has 20 heavy (non-hydrogen) atoms. The molecule has 110 valence electrons. The van der Waals surface area contributed by atoms with Crippen LogP contribution < -0.4 is 14.8 Å². The van der Waals surface area contributed by atoms with Crippen LogP contribution in [0.3, 0.4) is 0 Å². The third-order valence-corrected chi connectivity index (χ3v) is 2.39. The second-order valence-corrected chi connectivity index (χ2v) is 4.26. The molecule has 0 radical (unpaired) electrons. The van der Waals surface area contributed by atoms with E-state index in [2.05, 4.69) is 5.32 Å². The van der Waals surface area contributed by atoms with E-state index < -0.39 is 12.0 Å². The van der Waals surface area contributed by atoms with Gasteiger partial charge in [-0.2, -0.15) is 0 Å². The highest BCUT2D eigenvalue weighted by molar-refractivity contribution is 5.78. The monoisotopic (exact) mass is 281 g/mol. The minimum atomic E-state index is -0.953. The van der Waals surface area contributed by atoms with Crippen molar-refractivity contribution in [1.82, 2.24) is 5.32 Å². The van der Waals surface area contributed by atoms with Crippen LogP contribution in [0.2, 0.25) is 0 Å². The molecule has 6 nitrogen and oxygen atoms in total. The fourth-order valence-electron chi connectivity index (χ4n) is 1.58. The number of carboxylic acid groups (broad SMARTS) is 1. The lowest BCUT2D eigenvalue weighted by molar-refractivity contribution is -0.137. The lowest BCUT2D eigenvalue weighted by atomic mass is 10.2. The number of carboxylic acids is 1. The Hall–Kier alpha value is -2.24. The summed E-state index contributed by atoms with van der Waals surface area (Å²) in [6, 6.07) is 6.50. The molecular formula is C14H19NO5. The van der Waals surface area contributed by atoms with E-state index in [0.29, 0.717) is 12.4 Å². The van der Waals surface area contributed by atoms with E-state index in [0.717, 1.165) is 5.75 Å². The van der Waals surface area contributed by atoms with Crippen LogP contribution in [-0.2, 0) is 9.59 Å². The van der Waals surface area contributed by atoms with Crippen molar-refractivity contribution in [3.63, 3.8) is 0 Å². The largest absolute Gasteiger partial charge is 0.494 e. The van der Waals surface area contributed by atoms with Gasteiger partial charge in [-0.25, -0.2) is 0 Å². The van der Waals surface area contributed by atoms with Gasteiger partial charge in [-0.05, 0) is 38.1 Å². The number of rotatable bonds is 8. The van der Waals surface area contributed by atoms with E-state index in [4.69, 9.17) is 14.6 Å². The number of nitrogens with one attached hydrogen (secondary N) is 1. The van der Waals surface area contributed by atoms with Gasteiger partial charge >= 0.3 is 5.97 Å². The van der Waals surface area contributed by atoms with Crippen LogP contribution in [-0.4, -0.2) is 36.2 Å². The normalized spacial score (nSPS) is 11.5. The first kappa shape index (κ1) is 15.8. The molecule has 1 aromatic rings. The van der Waals surface area contributed by atoms with Gasteiger partial charge in [0.15, 0.2) is 6.61 Å². The number of carbonyl (C=O) groups is 2. The lowest BCUT2D eigenvalue weighted by Crippen LogP contribution is -2.37. The average Bonchev–Trinajstić information content (AvgIpc) is 2.37. The number of ether oxygens (including phenoxy) is 2. The second-order valence-electron chi connectivity index (χ2n) is 4.26. The van der Waals surface area contributed by atoms with Gasteiger partial charge in [-0.3, -0.25) is 9.59 Å². The fraction of sp³-hybridized carbons (Fsp3) is 0.429. The molecule has 0 saturated heterocycles. The maximum atomic E-state index is 11.5. The van der Waals surface area contributed by atoms with E-state index in [1.54, 1.807) is 31.2 Å². The molecule has 0 heterocycles. The highest BCUT2D eigenvalue weighted by Crippen LogP contribution is 2.17. The van der Waals surface area contributed by atoms with Crippen LogP contribution in [0.25, 0.3) is 0 Å². The number of carbonyl (C=O) groups excluding carboxylic acids is 1. The van der Waals surface area contributed by atoms with Gasteiger partial charge in [0.2, 0.25) is 0 Å². The standard InChI is InChI=1S/C14H19NO5/c1-3-19-11-4-6-12(7-5-11)20-9-13(16)15-10(2)8-14(17)18/h4-7,10H,3,8-9H2,1-2H3,(H,15,16)(H,17,18). The zero-order valence-corrected chi connectivity index (χ0v) is 11.6. The summed E-state index contributed by atoms with van der Waals surface area (Å²) in [5.41, 5.74) is 0. The number of benzene rings is 1. The molecule has 1 rings (SSSR count). The van der Waals surface area contributed by atoms with E-state index >= 15 is 0 Å². The molecule has 0 aliphatic carbocycles. The maximum absolute atomic E-state index is 11.5. The molecular weight excluding hydrogens is 262 g/mol. The number of aliphatic carboxylic acids is 1. The first-order valence-electron chi connectivity index (χ1n) is 6.38. The Balaban J connectivity index is 2.35. The third-order valence-electron chi connectivity index (χ3n) is 2.39. The Morgan fingerprint density at radius 3 is 2.25 bits per heavy atom. The quantitative estimate of drug-likeness (QED) is 0.753. The minimum Gasteiger partial charge on any atom is -0.494 e. The summed E-state index contributed by atoms with van der Waals surface area (Å²) in [5.74, 6) is -0.0215. The molecule has 0 aliphatic heterocycles. The van der Waals surface area contributed by atoms with E-state index in [1.165, 1.54) is 0 Å². The molecule has 0 bridgehead atoms. The highest BCUT2D eigenvalue weighted by atomic mass is 16.5. The first-order valence-corrected chi connectivity index (χ1v) is 6.38. The Bertz CT molecular complexity index is 443. The zero-order chi connectivity index (χ0) is 15.0. The van der Waals surface area contributed by atoms with Crippen LogP contribution in [0.1, 0.15) is 20.3 Å². The van der Waals surface area contributed by atoms with Gasteiger partial charge in [-0.15, -0.1) is 0 Å². The van der Waals surface area contributed by atoms with Crippen molar-refractivity contribution in [2.45, 2.75) is 26.3 Å². The third kappa shape index (κ3) is 6.08. The van der Waals surface area contributed by atoms with Crippen molar-refractivity contribution in [3.8, 4) is 11.5 Å². The second kappa shape index (κ2) is 8.04. The molecule has 2 N–H and O–H groups in total. The first-order chi connectivity index (χ1) is 9.51. The molecule has 1 amide bonds. The molecule has 0 fully saturated rings. The maximum Gasteiger partial charge on any atom is 0.305 e. The molecule has 1 unspecified atom stereocenters. The van der Waals surface area contributed by atoms with Crippen LogP contribution in [0.4, 0.5) is 0 Å². The SMILES string of the molecule is CCOc1ccc(OCC(=O)NC(C)CC(=O)O)cc1. The predicted octanol–water partition coefficient (Wildman–Crippen LogP) is 1.44. The summed E-state index contributed by atoms with van der Waals surface area (Å²) < 4.78 is 10.6. The summed E-state index contributed by atoms with van der Waals surface area (Å²) in [6.45, 7) is 3.96. The van der Waals surface area contributed by atoms with Crippen LogP contribution in [0, 0.1) is 0 Å². The summed E-state index contributed by atoms with van der Waals surface area (Å²) in [5, 5.41) is 11.1. The van der Waals surface area contributed by atoms with Gasteiger partial charge in [0, 0.05) is 6.04 Å². The van der Waals surface area contributed by atoms with Crippen molar-refractivity contribution in [1.29, 1.82) is 0 Å². The van der Waals surface area contributed by atoms with E-state index in [1.807, 2.05) is 6.92 Å². The van der Waals surface area contributed by atoms with E-state index in [9.17, 15) is 9.59 Å². The summed E-state index contributed by atoms with van der Waals surface area (Å²) in [7, 11) is 0. The van der Waals surface area contributed by atoms with Crippen LogP contribution >= 0.6 is 0 Å². The van der Waals surface area contributed by atoms with Crippen LogP contribution in [0.15, 0.2) is 24.3 Å². The Morgan fingerprint density at radius 1 is 1.20 bits per heavy atom. The molecule has 0 saturated carbocycles. The van der Waals surface area contributed by atoms with Gasteiger partial charge in [0.05, 0.1) is 13.0 Å². The lowest BCUT2D eigenvalue weighted by Gasteiger charge is -2.12. The predicted molar refractivity (Wildman–Crippen MR) is 73.0 cm³/mol. The van der Waals surface area contributed by atoms with E-state index in [-0.39, 0.29) is 18.9 Å².